The lowest BCUT2D eigenvalue weighted by Crippen LogP contribution is -2.48. The molecule has 1 heterocycles. The third-order valence-corrected chi connectivity index (χ3v) is 5.02. The van der Waals surface area contributed by atoms with Gasteiger partial charge in [-0.15, -0.1) is 0 Å². The highest BCUT2D eigenvalue weighted by molar-refractivity contribution is 5.79. The summed E-state index contributed by atoms with van der Waals surface area (Å²) < 4.78 is 24.4. The van der Waals surface area contributed by atoms with Gasteiger partial charge < -0.3 is 20.1 Å². The summed E-state index contributed by atoms with van der Waals surface area (Å²) in [4.78, 5) is 4.66. The normalized spacial score (nSPS) is 17.8. The van der Waals surface area contributed by atoms with Crippen molar-refractivity contribution >= 4 is 5.96 Å². The van der Waals surface area contributed by atoms with Gasteiger partial charge in [-0.25, -0.2) is 4.39 Å². The summed E-state index contributed by atoms with van der Waals surface area (Å²) in [6.07, 6.45) is 1.79. The average molecular weight is 365 g/mol. The van der Waals surface area contributed by atoms with Crippen LogP contribution in [0.4, 0.5) is 4.39 Å². The molecular formula is C20H32FN3O2. The molecule has 2 rings (SSSR count). The highest BCUT2D eigenvalue weighted by atomic mass is 19.1. The van der Waals surface area contributed by atoms with Gasteiger partial charge in [0.1, 0.15) is 5.82 Å². The molecule has 1 aromatic carbocycles. The number of hydrogen-bond donors (Lipinski definition) is 2. The van der Waals surface area contributed by atoms with Gasteiger partial charge in [0.15, 0.2) is 5.96 Å². The van der Waals surface area contributed by atoms with Crippen LogP contribution in [0.1, 0.15) is 39.2 Å². The Balaban J connectivity index is 2.13. The van der Waals surface area contributed by atoms with Crippen molar-refractivity contribution < 1.29 is 13.9 Å². The topological polar surface area (TPSA) is 54.9 Å². The molecule has 0 atom stereocenters. The summed E-state index contributed by atoms with van der Waals surface area (Å²) in [5, 5.41) is 6.76. The van der Waals surface area contributed by atoms with Crippen molar-refractivity contribution in [2.45, 2.75) is 44.6 Å². The van der Waals surface area contributed by atoms with Crippen molar-refractivity contribution in [3.63, 3.8) is 0 Å². The molecule has 0 saturated carbocycles. The molecule has 0 aromatic heterocycles. The second kappa shape index (κ2) is 9.33. The van der Waals surface area contributed by atoms with E-state index in [4.69, 9.17) is 9.47 Å². The molecule has 0 amide bonds. The fourth-order valence-electron chi connectivity index (χ4n) is 3.06. The smallest absolute Gasteiger partial charge is 0.191 e. The number of ether oxygens (including phenoxy) is 2. The molecule has 0 spiro atoms. The Kier molecular flexibility index (Phi) is 7.41. The number of methoxy groups -OCH3 is 1. The average Bonchev–Trinajstić information content (AvgIpc) is 2.65. The summed E-state index contributed by atoms with van der Waals surface area (Å²) in [7, 11) is 1.70. The van der Waals surface area contributed by atoms with Gasteiger partial charge in [-0.3, -0.25) is 4.99 Å². The maximum absolute atomic E-state index is 13.4. The zero-order valence-corrected chi connectivity index (χ0v) is 16.4. The second-order valence-electron chi connectivity index (χ2n) is 7.41. The van der Waals surface area contributed by atoms with Crippen LogP contribution in [0.15, 0.2) is 29.3 Å². The van der Waals surface area contributed by atoms with E-state index in [0.29, 0.717) is 19.8 Å². The first kappa shape index (κ1) is 20.6. The SMILES string of the molecule is CCNC(=NCC(C)(C)OC)NCC1(c2ccc(F)cc2)CCOCC1. The molecule has 1 aliphatic heterocycles. The van der Waals surface area contributed by atoms with Gasteiger partial charge >= 0.3 is 0 Å². The van der Waals surface area contributed by atoms with Crippen LogP contribution in [-0.4, -0.2) is 51.5 Å². The van der Waals surface area contributed by atoms with Gasteiger partial charge in [0.2, 0.25) is 0 Å². The van der Waals surface area contributed by atoms with Crippen LogP contribution < -0.4 is 10.6 Å². The molecule has 5 nitrogen and oxygen atoms in total. The van der Waals surface area contributed by atoms with E-state index in [2.05, 4.69) is 15.6 Å². The predicted octanol–water partition coefficient (Wildman–Crippen LogP) is 2.85. The quantitative estimate of drug-likeness (QED) is 0.576. The third-order valence-electron chi connectivity index (χ3n) is 5.02. The standard InChI is InChI=1S/C20H32FN3O2/c1-5-22-18(23-14-19(2,3)25-4)24-15-20(10-12-26-13-11-20)16-6-8-17(21)9-7-16/h6-9H,5,10-15H2,1-4H3,(H2,22,23,24). The summed E-state index contributed by atoms with van der Waals surface area (Å²) >= 11 is 0. The molecule has 2 N–H and O–H groups in total. The van der Waals surface area contributed by atoms with Gasteiger partial charge in [-0.1, -0.05) is 12.1 Å². The first-order valence-electron chi connectivity index (χ1n) is 9.32. The first-order chi connectivity index (χ1) is 12.4. The summed E-state index contributed by atoms with van der Waals surface area (Å²) in [6, 6.07) is 6.85. The van der Waals surface area contributed by atoms with Gasteiger partial charge in [0, 0.05) is 38.8 Å². The van der Waals surface area contributed by atoms with Crippen molar-refractivity contribution in [3.05, 3.63) is 35.6 Å². The zero-order chi connectivity index (χ0) is 19.0. The van der Waals surface area contributed by atoms with Crippen molar-refractivity contribution in [1.82, 2.24) is 10.6 Å². The van der Waals surface area contributed by atoms with Crippen LogP contribution in [0.5, 0.6) is 0 Å². The number of rotatable bonds is 7. The van der Waals surface area contributed by atoms with Crippen molar-refractivity contribution in [1.29, 1.82) is 0 Å². The van der Waals surface area contributed by atoms with Gasteiger partial charge in [0.05, 0.1) is 12.1 Å². The molecule has 0 unspecified atom stereocenters. The maximum Gasteiger partial charge on any atom is 0.191 e. The summed E-state index contributed by atoms with van der Waals surface area (Å²) in [6.45, 7) is 9.56. The molecule has 1 aliphatic rings. The van der Waals surface area contributed by atoms with E-state index < -0.39 is 0 Å². The Morgan fingerprint density at radius 3 is 2.46 bits per heavy atom. The Morgan fingerprint density at radius 1 is 1.23 bits per heavy atom. The molecule has 1 aromatic rings. The molecule has 26 heavy (non-hydrogen) atoms. The molecule has 1 fully saturated rings. The number of nitrogens with one attached hydrogen (secondary N) is 2. The number of aliphatic imine (C=N–C) groups is 1. The molecule has 0 radical (unpaired) electrons. The zero-order valence-electron chi connectivity index (χ0n) is 16.4. The van der Waals surface area contributed by atoms with Crippen LogP contribution in [0.25, 0.3) is 0 Å². The third kappa shape index (κ3) is 5.68. The maximum atomic E-state index is 13.4. The van der Waals surface area contributed by atoms with E-state index in [1.807, 2.05) is 32.9 Å². The van der Waals surface area contributed by atoms with E-state index in [1.165, 1.54) is 12.1 Å². The molecule has 0 aliphatic carbocycles. The number of halogens is 1. The lowest BCUT2D eigenvalue weighted by atomic mass is 9.74. The highest BCUT2D eigenvalue weighted by Crippen LogP contribution is 2.34. The van der Waals surface area contributed by atoms with Gasteiger partial charge in [0.25, 0.3) is 0 Å². The van der Waals surface area contributed by atoms with Crippen LogP contribution >= 0.6 is 0 Å². The van der Waals surface area contributed by atoms with Gasteiger partial charge in [-0.05, 0) is 51.3 Å². The van der Waals surface area contributed by atoms with Crippen LogP contribution in [0.2, 0.25) is 0 Å². The van der Waals surface area contributed by atoms with Crippen LogP contribution in [-0.2, 0) is 14.9 Å². The van der Waals surface area contributed by atoms with Crippen molar-refractivity contribution in [2.24, 2.45) is 4.99 Å². The Labute approximate surface area is 156 Å². The molecule has 146 valence electrons. The molecular weight excluding hydrogens is 333 g/mol. The van der Waals surface area contributed by atoms with E-state index in [1.54, 1.807) is 7.11 Å². The minimum absolute atomic E-state index is 0.0844. The number of nitrogens with zero attached hydrogens (tertiary/aromatic N) is 1. The number of hydrogen-bond acceptors (Lipinski definition) is 3. The Hall–Kier alpha value is -1.66. The van der Waals surface area contributed by atoms with Crippen molar-refractivity contribution in [2.75, 3.05) is 40.0 Å². The monoisotopic (exact) mass is 365 g/mol. The first-order valence-corrected chi connectivity index (χ1v) is 9.32. The lowest BCUT2D eigenvalue weighted by Gasteiger charge is -2.38. The van der Waals surface area contributed by atoms with E-state index >= 15 is 0 Å². The predicted molar refractivity (Wildman–Crippen MR) is 103 cm³/mol. The second-order valence-corrected chi connectivity index (χ2v) is 7.41. The van der Waals surface area contributed by atoms with E-state index in [0.717, 1.165) is 37.5 Å². The van der Waals surface area contributed by atoms with Gasteiger partial charge in [-0.2, -0.15) is 0 Å². The number of benzene rings is 1. The lowest BCUT2D eigenvalue weighted by molar-refractivity contribution is 0.0310. The van der Waals surface area contributed by atoms with Crippen LogP contribution in [0.3, 0.4) is 0 Å². The fourth-order valence-corrected chi connectivity index (χ4v) is 3.06. The Bertz CT molecular complexity index is 581. The largest absolute Gasteiger partial charge is 0.381 e. The molecule has 0 bridgehead atoms. The number of guanidine groups is 1. The minimum Gasteiger partial charge on any atom is -0.381 e. The molecule has 6 heteroatoms. The van der Waals surface area contributed by atoms with E-state index in [-0.39, 0.29) is 16.8 Å². The fraction of sp³-hybridized carbons (Fsp3) is 0.650. The Morgan fingerprint density at radius 2 is 1.88 bits per heavy atom. The summed E-state index contributed by atoms with van der Waals surface area (Å²) in [5.74, 6) is 0.561. The van der Waals surface area contributed by atoms with Crippen molar-refractivity contribution in [3.8, 4) is 0 Å². The van der Waals surface area contributed by atoms with Crippen LogP contribution in [0, 0.1) is 5.82 Å². The van der Waals surface area contributed by atoms with E-state index in [9.17, 15) is 4.39 Å². The molecule has 1 saturated heterocycles. The highest BCUT2D eigenvalue weighted by Gasteiger charge is 2.34. The minimum atomic E-state index is -0.310. The summed E-state index contributed by atoms with van der Waals surface area (Å²) in [5.41, 5.74) is 0.747.